The standard InChI is InChI=1S/C19H21N3O/c1-12-5-4-6-13(9-12)15-10-17(22-19(21)16(15)11-20)14-7-2-3-8-18(14)23/h2-3,7-8,10,12-13,23H,4-6,9H2,1H3,(H2,21,22). The first-order valence-corrected chi connectivity index (χ1v) is 8.09. The van der Waals surface area contributed by atoms with Crippen molar-refractivity contribution in [2.75, 3.05) is 5.73 Å². The predicted octanol–water partition coefficient (Wildman–Crippen LogP) is 4.20. The van der Waals surface area contributed by atoms with Crippen LogP contribution in [0.3, 0.4) is 0 Å². The number of phenols is 1. The first-order chi connectivity index (χ1) is 11.1. The van der Waals surface area contributed by atoms with E-state index in [0.29, 0.717) is 28.7 Å². The lowest BCUT2D eigenvalue weighted by atomic mass is 9.77. The molecule has 23 heavy (non-hydrogen) atoms. The molecule has 4 nitrogen and oxygen atoms in total. The molecule has 1 fully saturated rings. The fraction of sp³-hybridized carbons (Fsp3) is 0.368. The number of nitriles is 1. The summed E-state index contributed by atoms with van der Waals surface area (Å²) in [6.07, 6.45) is 4.55. The van der Waals surface area contributed by atoms with Crippen molar-refractivity contribution < 1.29 is 5.11 Å². The maximum Gasteiger partial charge on any atom is 0.142 e. The van der Waals surface area contributed by atoms with Crippen LogP contribution in [0.4, 0.5) is 5.82 Å². The molecule has 0 saturated heterocycles. The second kappa shape index (κ2) is 6.29. The van der Waals surface area contributed by atoms with Gasteiger partial charge in [-0.15, -0.1) is 0 Å². The number of benzene rings is 1. The molecule has 0 spiro atoms. The summed E-state index contributed by atoms with van der Waals surface area (Å²) < 4.78 is 0. The average Bonchev–Trinajstić information content (AvgIpc) is 2.54. The minimum atomic E-state index is 0.173. The minimum absolute atomic E-state index is 0.173. The number of hydrogen-bond acceptors (Lipinski definition) is 4. The van der Waals surface area contributed by atoms with Gasteiger partial charge in [0.1, 0.15) is 17.6 Å². The molecule has 2 unspecified atom stereocenters. The summed E-state index contributed by atoms with van der Waals surface area (Å²) in [5, 5.41) is 19.6. The van der Waals surface area contributed by atoms with E-state index in [1.807, 2.05) is 18.2 Å². The zero-order chi connectivity index (χ0) is 16.4. The van der Waals surface area contributed by atoms with Crippen molar-refractivity contribution >= 4 is 5.82 Å². The molecule has 0 bridgehead atoms. The third-order valence-corrected chi connectivity index (χ3v) is 4.75. The molecule has 1 saturated carbocycles. The molecule has 1 aliphatic rings. The molecular formula is C19H21N3O. The number of hydrogen-bond donors (Lipinski definition) is 2. The molecule has 3 rings (SSSR count). The Kier molecular flexibility index (Phi) is 4.20. The molecule has 0 aliphatic heterocycles. The van der Waals surface area contributed by atoms with Crippen LogP contribution in [0.2, 0.25) is 0 Å². The molecule has 4 heteroatoms. The first kappa shape index (κ1) is 15.4. The lowest BCUT2D eigenvalue weighted by Crippen LogP contribution is -2.14. The van der Waals surface area contributed by atoms with E-state index in [2.05, 4.69) is 18.0 Å². The van der Waals surface area contributed by atoms with Crippen LogP contribution in [0.1, 0.15) is 49.7 Å². The fourth-order valence-corrected chi connectivity index (χ4v) is 3.57. The van der Waals surface area contributed by atoms with Crippen LogP contribution in [-0.2, 0) is 0 Å². The number of nitrogens with two attached hydrogens (primary N) is 1. The second-order valence-corrected chi connectivity index (χ2v) is 6.45. The van der Waals surface area contributed by atoms with E-state index in [1.54, 1.807) is 12.1 Å². The Morgan fingerprint density at radius 1 is 1.30 bits per heavy atom. The zero-order valence-electron chi connectivity index (χ0n) is 13.3. The van der Waals surface area contributed by atoms with Crippen LogP contribution in [0.15, 0.2) is 30.3 Å². The van der Waals surface area contributed by atoms with E-state index in [-0.39, 0.29) is 11.6 Å². The summed E-state index contributed by atoms with van der Waals surface area (Å²) in [6.45, 7) is 2.26. The van der Waals surface area contributed by atoms with Crippen LogP contribution >= 0.6 is 0 Å². The Morgan fingerprint density at radius 3 is 2.78 bits per heavy atom. The number of nitrogens with zero attached hydrogens (tertiary/aromatic N) is 2. The lowest BCUT2D eigenvalue weighted by molar-refractivity contribution is 0.344. The number of phenolic OH excluding ortho intramolecular Hbond substituents is 1. The van der Waals surface area contributed by atoms with Gasteiger partial charge in [-0.05, 0) is 48.4 Å². The first-order valence-electron chi connectivity index (χ1n) is 8.09. The van der Waals surface area contributed by atoms with E-state index >= 15 is 0 Å². The molecule has 1 heterocycles. The Balaban J connectivity index is 2.11. The third kappa shape index (κ3) is 3.00. The Morgan fingerprint density at radius 2 is 2.09 bits per heavy atom. The predicted molar refractivity (Wildman–Crippen MR) is 90.8 cm³/mol. The number of para-hydroxylation sites is 1. The number of pyridine rings is 1. The SMILES string of the molecule is CC1CCCC(c2cc(-c3ccccc3O)nc(N)c2C#N)C1. The van der Waals surface area contributed by atoms with Gasteiger partial charge < -0.3 is 10.8 Å². The van der Waals surface area contributed by atoms with E-state index < -0.39 is 0 Å². The van der Waals surface area contributed by atoms with Crippen molar-refractivity contribution in [2.24, 2.45) is 5.92 Å². The van der Waals surface area contributed by atoms with Gasteiger partial charge in [0.2, 0.25) is 0 Å². The molecule has 3 N–H and O–H groups in total. The number of aromatic hydroxyl groups is 1. The maximum atomic E-state index is 10.1. The molecule has 1 aromatic carbocycles. The number of anilines is 1. The normalized spacial score (nSPS) is 20.9. The fourth-order valence-electron chi connectivity index (χ4n) is 3.57. The largest absolute Gasteiger partial charge is 0.507 e. The molecule has 0 amide bonds. The Labute approximate surface area is 136 Å². The van der Waals surface area contributed by atoms with Crippen molar-refractivity contribution in [3.63, 3.8) is 0 Å². The van der Waals surface area contributed by atoms with Crippen LogP contribution in [0.5, 0.6) is 5.75 Å². The van der Waals surface area contributed by atoms with Crippen molar-refractivity contribution in [1.82, 2.24) is 4.98 Å². The van der Waals surface area contributed by atoms with Gasteiger partial charge in [-0.25, -0.2) is 4.98 Å². The van der Waals surface area contributed by atoms with Crippen molar-refractivity contribution in [1.29, 1.82) is 5.26 Å². The highest BCUT2D eigenvalue weighted by molar-refractivity contribution is 5.71. The summed E-state index contributed by atoms with van der Waals surface area (Å²) in [5.41, 5.74) is 8.79. The average molecular weight is 307 g/mol. The third-order valence-electron chi connectivity index (χ3n) is 4.75. The molecule has 1 aliphatic carbocycles. The Bertz CT molecular complexity index is 764. The van der Waals surface area contributed by atoms with Gasteiger partial charge in [-0.2, -0.15) is 5.26 Å². The van der Waals surface area contributed by atoms with E-state index in [1.165, 1.54) is 12.8 Å². The van der Waals surface area contributed by atoms with Gasteiger partial charge in [0.25, 0.3) is 0 Å². The topological polar surface area (TPSA) is 82.9 Å². The van der Waals surface area contributed by atoms with Crippen LogP contribution < -0.4 is 5.73 Å². The number of aromatic nitrogens is 1. The van der Waals surface area contributed by atoms with Crippen LogP contribution in [-0.4, -0.2) is 10.1 Å². The van der Waals surface area contributed by atoms with E-state index in [9.17, 15) is 10.4 Å². The molecule has 1 aromatic heterocycles. The van der Waals surface area contributed by atoms with Gasteiger partial charge in [0, 0.05) is 5.56 Å². The summed E-state index contributed by atoms with van der Waals surface area (Å²) in [5.74, 6) is 1.42. The summed E-state index contributed by atoms with van der Waals surface area (Å²) in [7, 11) is 0. The van der Waals surface area contributed by atoms with Crippen molar-refractivity contribution in [2.45, 2.75) is 38.5 Å². The highest BCUT2D eigenvalue weighted by Crippen LogP contribution is 2.40. The number of rotatable bonds is 2. The van der Waals surface area contributed by atoms with E-state index in [4.69, 9.17) is 5.73 Å². The van der Waals surface area contributed by atoms with Gasteiger partial charge in [0.15, 0.2) is 0 Å². The number of nitrogen functional groups attached to an aromatic ring is 1. The molecular weight excluding hydrogens is 286 g/mol. The van der Waals surface area contributed by atoms with Crippen LogP contribution in [0.25, 0.3) is 11.3 Å². The summed E-state index contributed by atoms with van der Waals surface area (Å²) >= 11 is 0. The van der Waals surface area contributed by atoms with Gasteiger partial charge >= 0.3 is 0 Å². The van der Waals surface area contributed by atoms with Crippen LogP contribution in [0, 0.1) is 17.2 Å². The quantitative estimate of drug-likeness (QED) is 0.871. The highest BCUT2D eigenvalue weighted by atomic mass is 16.3. The van der Waals surface area contributed by atoms with Gasteiger partial charge in [-0.1, -0.05) is 31.9 Å². The van der Waals surface area contributed by atoms with Crippen molar-refractivity contribution in [3.05, 3.63) is 41.5 Å². The highest BCUT2D eigenvalue weighted by Gasteiger charge is 2.25. The summed E-state index contributed by atoms with van der Waals surface area (Å²) in [4.78, 5) is 4.34. The monoisotopic (exact) mass is 307 g/mol. The zero-order valence-corrected chi connectivity index (χ0v) is 13.3. The molecule has 118 valence electrons. The van der Waals surface area contributed by atoms with Crippen molar-refractivity contribution in [3.8, 4) is 23.1 Å². The Hall–Kier alpha value is -2.54. The maximum absolute atomic E-state index is 10.1. The molecule has 2 aromatic rings. The molecule has 0 radical (unpaired) electrons. The lowest BCUT2D eigenvalue weighted by Gasteiger charge is -2.28. The van der Waals surface area contributed by atoms with E-state index in [0.717, 1.165) is 18.4 Å². The second-order valence-electron chi connectivity index (χ2n) is 6.45. The van der Waals surface area contributed by atoms with Gasteiger partial charge in [-0.3, -0.25) is 0 Å². The smallest absolute Gasteiger partial charge is 0.142 e. The minimum Gasteiger partial charge on any atom is -0.507 e. The summed E-state index contributed by atoms with van der Waals surface area (Å²) in [6, 6.07) is 11.2. The van der Waals surface area contributed by atoms with Gasteiger partial charge in [0.05, 0.1) is 11.3 Å². The molecule has 2 atom stereocenters.